The van der Waals surface area contributed by atoms with Gasteiger partial charge in [-0.1, -0.05) is 12.1 Å². The molecule has 0 saturated heterocycles. The molecule has 3 heterocycles. The van der Waals surface area contributed by atoms with Gasteiger partial charge in [0.2, 0.25) is 5.95 Å². The number of anilines is 3. The molecular formula is C20H22N6O2. The molecule has 1 aliphatic heterocycles. The molecule has 0 spiro atoms. The first-order valence-corrected chi connectivity index (χ1v) is 9.64. The molecule has 0 unspecified atom stereocenters. The van der Waals surface area contributed by atoms with Crippen molar-refractivity contribution in [1.29, 1.82) is 0 Å². The summed E-state index contributed by atoms with van der Waals surface area (Å²) in [4.78, 5) is 16.4. The number of aliphatic hydroxyl groups excluding tert-OH is 1. The molecule has 2 aromatic heterocycles. The van der Waals surface area contributed by atoms with Gasteiger partial charge in [0.15, 0.2) is 5.65 Å². The molecule has 1 aromatic carbocycles. The van der Waals surface area contributed by atoms with Crippen molar-refractivity contribution >= 4 is 29.0 Å². The topological polar surface area (TPSA) is 104 Å². The molecule has 144 valence electrons. The highest BCUT2D eigenvalue weighted by atomic mass is 16.3. The van der Waals surface area contributed by atoms with Gasteiger partial charge in [-0.15, -0.1) is 5.10 Å². The standard InChI is InChI=1S/C20H22N6O2/c27-15-8-6-13(7-9-15)22-17-2-1-3-18-24-20(25-26(17)18)23-14-5-4-12-11-21-19(28)16(12)10-14/h1-5,10,13,15,22,27H,6-9,11H2,(H,21,28)(H,23,25)/t13-,15+. The highest BCUT2D eigenvalue weighted by Crippen LogP contribution is 2.25. The third-order valence-electron chi connectivity index (χ3n) is 5.46. The Labute approximate surface area is 162 Å². The van der Waals surface area contributed by atoms with Crippen molar-refractivity contribution in [2.75, 3.05) is 10.6 Å². The van der Waals surface area contributed by atoms with Gasteiger partial charge in [-0.05, 0) is 55.5 Å². The second-order valence-electron chi connectivity index (χ2n) is 7.45. The summed E-state index contributed by atoms with van der Waals surface area (Å²) in [5, 5.41) is 23.8. The van der Waals surface area contributed by atoms with Crippen molar-refractivity contribution in [3.05, 3.63) is 47.5 Å². The average molecular weight is 378 g/mol. The monoisotopic (exact) mass is 378 g/mol. The van der Waals surface area contributed by atoms with Crippen LogP contribution < -0.4 is 16.0 Å². The SMILES string of the molecule is O=C1NCc2ccc(Nc3nc4cccc(N[C@H]5CC[C@@H](O)CC5)n4n3)cc21. The number of rotatable bonds is 4. The van der Waals surface area contributed by atoms with Crippen LogP contribution in [-0.2, 0) is 6.54 Å². The predicted molar refractivity (Wildman–Crippen MR) is 106 cm³/mol. The highest BCUT2D eigenvalue weighted by molar-refractivity contribution is 5.99. The van der Waals surface area contributed by atoms with Crippen LogP contribution in [0.2, 0.25) is 0 Å². The van der Waals surface area contributed by atoms with Crippen LogP contribution in [0.5, 0.6) is 0 Å². The first-order chi connectivity index (χ1) is 13.7. The minimum Gasteiger partial charge on any atom is -0.393 e. The number of benzene rings is 1. The summed E-state index contributed by atoms with van der Waals surface area (Å²) in [5.74, 6) is 1.31. The fourth-order valence-electron chi connectivity index (χ4n) is 3.92. The Morgan fingerprint density at radius 3 is 2.86 bits per heavy atom. The maximum atomic E-state index is 11.9. The van der Waals surface area contributed by atoms with E-state index in [1.165, 1.54) is 0 Å². The number of nitrogens with zero attached hydrogens (tertiary/aromatic N) is 3. The van der Waals surface area contributed by atoms with E-state index in [-0.39, 0.29) is 12.0 Å². The van der Waals surface area contributed by atoms with Crippen LogP contribution in [0.3, 0.4) is 0 Å². The van der Waals surface area contributed by atoms with E-state index < -0.39 is 0 Å². The van der Waals surface area contributed by atoms with E-state index in [1.54, 1.807) is 4.52 Å². The number of fused-ring (bicyclic) bond motifs is 2. The van der Waals surface area contributed by atoms with E-state index in [0.29, 0.717) is 24.1 Å². The molecule has 28 heavy (non-hydrogen) atoms. The highest BCUT2D eigenvalue weighted by Gasteiger charge is 2.21. The lowest BCUT2D eigenvalue weighted by Gasteiger charge is -2.26. The van der Waals surface area contributed by atoms with Crippen molar-refractivity contribution in [1.82, 2.24) is 19.9 Å². The molecule has 5 rings (SSSR count). The second-order valence-corrected chi connectivity index (χ2v) is 7.45. The third-order valence-corrected chi connectivity index (χ3v) is 5.46. The van der Waals surface area contributed by atoms with Gasteiger partial charge in [0.25, 0.3) is 5.91 Å². The summed E-state index contributed by atoms with van der Waals surface area (Å²) in [7, 11) is 0. The number of carbonyl (C=O) groups excluding carboxylic acids is 1. The molecule has 1 amide bonds. The molecule has 1 aliphatic carbocycles. The molecule has 8 heteroatoms. The molecule has 1 saturated carbocycles. The first kappa shape index (κ1) is 17.0. The molecule has 1 fully saturated rings. The lowest BCUT2D eigenvalue weighted by atomic mass is 9.93. The van der Waals surface area contributed by atoms with Crippen LogP contribution in [-0.4, -0.2) is 37.8 Å². The summed E-state index contributed by atoms with van der Waals surface area (Å²) in [6, 6.07) is 11.9. The number of aliphatic hydroxyl groups is 1. The maximum Gasteiger partial charge on any atom is 0.251 e. The number of pyridine rings is 1. The predicted octanol–water partition coefficient (Wildman–Crippen LogP) is 2.43. The number of amides is 1. The van der Waals surface area contributed by atoms with Crippen LogP contribution in [0.15, 0.2) is 36.4 Å². The molecule has 2 aliphatic rings. The van der Waals surface area contributed by atoms with E-state index >= 15 is 0 Å². The number of carbonyl (C=O) groups is 1. The Morgan fingerprint density at radius 2 is 2.00 bits per heavy atom. The number of hydrogen-bond acceptors (Lipinski definition) is 6. The summed E-state index contributed by atoms with van der Waals surface area (Å²) in [5.41, 5.74) is 3.21. The van der Waals surface area contributed by atoms with Gasteiger partial charge < -0.3 is 21.1 Å². The first-order valence-electron chi connectivity index (χ1n) is 9.64. The van der Waals surface area contributed by atoms with Crippen molar-refractivity contribution in [2.45, 2.75) is 44.4 Å². The van der Waals surface area contributed by atoms with Gasteiger partial charge in [0.05, 0.1) is 6.10 Å². The van der Waals surface area contributed by atoms with Gasteiger partial charge in [-0.3, -0.25) is 4.79 Å². The zero-order valence-electron chi connectivity index (χ0n) is 15.4. The van der Waals surface area contributed by atoms with Gasteiger partial charge >= 0.3 is 0 Å². The van der Waals surface area contributed by atoms with Crippen LogP contribution in [0.4, 0.5) is 17.5 Å². The largest absolute Gasteiger partial charge is 0.393 e. The zero-order valence-corrected chi connectivity index (χ0v) is 15.4. The summed E-state index contributed by atoms with van der Waals surface area (Å²) in [6.45, 7) is 0.578. The number of nitrogens with one attached hydrogen (secondary N) is 3. The van der Waals surface area contributed by atoms with E-state index in [0.717, 1.165) is 48.4 Å². The van der Waals surface area contributed by atoms with E-state index in [2.05, 4.69) is 26.0 Å². The Kier molecular flexibility index (Phi) is 4.12. The van der Waals surface area contributed by atoms with Crippen LogP contribution in [0, 0.1) is 0 Å². The lowest BCUT2D eigenvalue weighted by Crippen LogP contribution is -2.29. The van der Waals surface area contributed by atoms with E-state index in [9.17, 15) is 9.90 Å². The van der Waals surface area contributed by atoms with Gasteiger partial charge in [0, 0.05) is 23.8 Å². The summed E-state index contributed by atoms with van der Waals surface area (Å²) < 4.78 is 1.79. The van der Waals surface area contributed by atoms with Crippen LogP contribution in [0.1, 0.15) is 41.6 Å². The Morgan fingerprint density at radius 1 is 1.14 bits per heavy atom. The smallest absolute Gasteiger partial charge is 0.251 e. The number of aromatic nitrogens is 3. The van der Waals surface area contributed by atoms with Crippen LogP contribution in [0.25, 0.3) is 5.65 Å². The Bertz CT molecular complexity index is 1040. The molecule has 0 atom stereocenters. The van der Waals surface area contributed by atoms with Gasteiger partial charge in [-0.2, -0.15) is 9.50 Å². The fourth-order valence-corrected chi connectivity index (χ4v) is 3.92. The van der Waals surface area contributed by atoms with Gasteiger partial charge in [0.1, 0.15) is 5.82 Å². The lowest BCUT2D eigenvalue weighted by molar-refractivity contribution is 0.0965. The number of hydrogen-bond donors (Lipinski definition) is 4. The minimum atomic E-state index is -0.176. The van der Waals surface area contributed by atoms with Gasteiger partial charge in [-0.25, -0.2) is 0 Å². The van der Waals surface area contributed by atoms with Crippen molar-refractivity contribution in [2.24, 2.45) is 0 Å². The van der Waals surface area contributed by atoms with Crippen molar-refractivity contribution in [3.8, 4) is 0 Å². The average Bonchev–Trinajstić information content (AvgIpc) is 3.28. The Balaban J connectivity index is 1.38. The molecule has 8 nitrogen and oxygen atoms in total. The fraction of sp³-hybridized carbons (Fsp3) is 0.350. The van der Waals surface area contributed by atoms with E-state index in [1.807, 2.05) is 36.4 Å². The molecule has 0 bridgehead atoms. The van der Waals surface area contributed by atoms with E-state index in [4.69, 9.17) is 0 Å². The molecule has 4 N–H and O–H groups in total. The Hall–Kier alpha value is -3.13. The van der Waals surface area contributed by atoms with Crippen LogP contribution >= 0.6 is 0 Å². The second kappa shape index (κ2) is 6.79. The maximum absolute atomic E-state index is 11.9. The summed E-state index contributed by atoms with van der Waals surface area (Å²) in [6.07, 6.45) is 3.35. The quantitative estimate of drug-likeness (QED) is 0.556. The normalized spacial score (nSPS) is 21.4. The molecule has 3 aromatic rings. The summed E-state index contributed by atoms with van der Waals surface area (Å²) >= 11 is 0. The minimum absolute atomic E-state index is 0.0503. The molecule has 0 radical (unpaired) electrons. The van der Waals surface area contributed by atoms with Crippen molar-refractivity contribution < 1.29 is 9.90 Å². The molecular weight excluding hydrogens is 356 g/mol. The zero-order chi connectivity index (χ0) is 19.1. The third kappa shape index (κ3) is 3.16. The van der Waals surface area contributed by atoms with Crippen molar-refractivity contribution in [3.63, 3.8) is 0 Å².